The van der Waals surface area contributed by atoms with Crippen LogP contribution in [0.15, 0.2) is 60.7 Å². The van der Waals surface area contributed by atoms with Gasteiger partial charge >= 0.3 is 11.9 Å². The van der Waals surface area contributed by atoms with Crippen LogP contribution in [0.1, 0.15) is 107 Å². The summed E-state index contributed by atoms with van der Waals surface area (Å²) < 4.78 is 27.6. The van der Waals surface area contributed by atoms with E-state index in [4.69, 9.17) is 23.7 Å². The second-order valence-corrected chi connectivity index (χ2v) is 13.5. The molecular formula is C41H55NO8. The molecule has 9 nitrogen and oxygen atoms in total. The number of anilines is 1. The molecule has 0 radical (unpaired) electrons. The van der Waals surface area contributed by atoms with Gasteiger partial charge in [0.05, 0.1) is 40.8 Å². The molecule has 1 amide bonds. The lowest BCUT2D eigenvalue weighted by Crippen LogP contribution is -2.21. The first-order valence-corrected chi connectivity index (χ1v) is 17.6. The maximum absolute atomic E-state index is 13.8. The molecule has 0 fully saturated rings. The van der Waals surface area contributed by atoms with Crippen molar-refractivity contribution in [2.45, 2.75) is 103 Å². The lowest BCUT2D eigenvalue weighted by molar-refractivity contribution is -0.151. The molecule has 0 spiro atoms. The van der Waals surface area contributed by atoms with Gasteiger partial charge in [0.15, 0.2) is 0 Å². The van der Waals surface area contributed by atoms with Crippen LogP contribution in [0.4, 0.5) is 5.69 Å². The first-order chi connectivity index (χ1) is 24.0. The van der Waals surface area contributed by atoms with Gasteiger partial charge in [-0.1, -0.05) is 89.4 Å². The summed E-state index contributed by atoms with van der Waals surface area (Å²) in [6, 6.07) is 19.2. The molecule has 0 heterocycles. The third-order valence-corrected chi connectivity index (χ3v) is 8.56. The topological polar surface area (TPSA) is 109 Å². The first kappa shape index (κ1) is 39.9. The highest BCUT2D eigenvalue weighted by Gasteiger charge is 2.26. The summed E-state index contributed by atoms with van der Waals surface area (Å²) in [6.45, 7) is 8.93. The normalized spacial score (nSPS) is 11.7. The predicted octanol–water partition coefficient (Wildman–Crippen LogP) is 8.70. The van der Waals surface area contributed by atoms with Crippen molar-refractivity contribution in [2.75, 3.05) is 33.3 Å². The van der Waals surface area contributed by atoms with Gasteiger partial charge in [-0.25, -0.2) is 0 Å². The summed E-state index contributed by atoms with van der Waals surface area (Å²) >= 11 is 0. The number of aryl methyl sites for hydroxylation is 1. The van der Waals surface area contributed by atoms with Crippen molar-refractivity contribution in [3.05, 3.63) is 82.9 Å². The number of hydrogen-bond donors (Lipinski definition) is 1. The number of ether oxygens (including phenoxy) is 5. The molecule has 9 heteroatoms. The molecule has 0 saturated carbocycles. The van der Waals surface area contributed by atoms with E-state index >= 15 is 0 Å². The summed E-state index contributed by atoms with van der Waals surface area (Å²) in [6.07, 6.45) is 5.36. The molecule has 1 unspecified atom stereocenters. The molecule has 0 saturated heterocycles. The number of benzene rings is 3. The van der Waals surface area contributed by atoms with Gasteiger partial charge < -0.3 is 29.0 Å². The number of nitrogens with one attached hydrogen (secondary N) is 1. The van der Waals surface area contributed by atoms with Crippen molar-refractivity contribution < 1.29 is 38.1 Å². The standard InChI is InChI=1S/C41H55NO8/c1-8-9-11-18-31(40-35(47-6)26-32(46-5)27-36(40)48-7)25-37(43)42-34-24-29(19-20-33(34)41(2,3)4)17-14-23-49-38(44)21-22-39(45)50-28-30-15-12-10-13-16-30/h10,12-13,15-16,19-20,24,26-27,31H,8-9,11,14,17-18,21-23,25,28H2,1-7H3,(H,42,43). The van der Waals surface area contributed by atoms with Gasteiger partial charge in [-0.05, 0) is 53.4 Å². The Bertz CT molecular complexity index is 1500. The van der Waals surface area contributed by atoms with Crippen molar-refractivity contribution >= 4 is 23.5 Å². The van der Waals surface area contributed by atoms with Crippen molar-refractivity contribution in [3.8, 4) is 17.2 Å². The average Bonchev–Trinajstić information content (AvgIpc) is 3.10. The zero-order chi connectivity index (χ0) is 36.5. The fourth-order valence-electron chi connectivity index (χ4n) is 5.90. The molecule has 50 heavy (non-hydrogen) atoms. The second-order valence-electron chi connectivity index (χ2n) is 13.5. The van der Waals surface area contributed by atoms with E-state index in [1.54, 1.807) is 21.3 Å². The molecule has 3 aromatic rings. The van der Waals surface area contributed by atoms with Crippen LogP contribution >= 0.6 is 0 Å². The van der Waals surface area contributed by atoms with Gasteiger partial charge in [-0.3, -0.25) is 14.4 Å². The van der Waals surface area contributed by atoms with Gasteiger partial charge in [0.2, 0.25) is 5.91 Å². The quantitative estimate of drug-likeness (QED) is 0.0927. The smallest absolute Gasteiger partial charge is 0.306 e. The maximum Gasteiger partial charge on any atom is 0.306 e. The number of carbonyl (C=O) groups is 3. The molecule has 1 atom stereocenters. The van der Waals surface area contributed by atoms with Crippen molar-refractivity contribution in [1.82, 2.24) is 0 Å². The zero-order valence-corrected chi connectivity index (χ0v) is 30.9. The van der Waals surface area contributed by atoms with E-state index in [1.807, 2.05) is 48.5 Å². The zero-order valence-electron chi connectivity index (χ0n) is 30.9. The summed E-state index contributed by atoms with van der Waals surface area (Å²) in [5.74, 6) is 0.808. The molecule has 0 aliphatic rings. The third kappa shape index (κ3) is 12.7. The minimum absolute atomic E-state index is 0.0273. The highest BCUT2D eigenvalue weighted by molar-refractivity contribution is 5.92. The van der Waals surface area contributed by atoms with Crippen LogP contribution in [0, 0.1) is 0 Å². The van der Waals surface area contributed by atoms with Crippen LogP contribution in [0.2, 0.25) is 0 Å². The third-order valence-electron chi connectivity index (χ3n) is 8.56. The lowest BCUT2D eigenvalue weighted by Gasteiger charge is -2.26. The largest absolute Gasteiger partial charge is 0.496 e. The molecule has 1 N–H and O–H groups in total. The van der Waals surface area contributed by atoms with Gasteiger partial charge in [-0.15, -0.1) is 0 Å². The van der Waals surface area contributed by atoms with Crippen LogP contribution in [0.5, 0.6) is 17.2 Å². The first-order valence-electron chi connectivity index (χ1n) is 17.6. The fraction of sp³-hybridized carbons (Fsp3) is 0.488. The van der Waals surface area contributed by atoms with E-state index in [2.05, 4.69) is 45.1 Å². The van der Waals surface area contributed by atoms with E-state index in [1.165, 1.54) is 0 Å². The second kappa shape index (κ2) is 20.2. The molecular weight excluding hydrogens is 634 g/mol. The Morgan fingerprint density at radius 1 is 0.760 bits per heavy atom. The van der Waals surface area contributed by atoms with Crippen LogP contribution in [-0.4, -0.2) is 45.8 Å². The highest BCUT2D eigenvalue weighted by Crippen LogP contribution is 2.43. The van der Waals surface area contributed by atoms with E-state index in [-0.39, 0.29) is 49.7 Å². The SMILES string of the molecule is CCCCCC(CC(=O)Nc1cc(CCCOC(=O)CCC(=O)OCc2ccccc2)ccc1C(C)(C)C)c1c(OC)cc(OC)cc1OC. The number of hydrogen-bond acceptors (Lipinski definition) is 8. The highest BCUT2D eigenvalue weighted by atomic mass is 16.5. The van der Waals surface area contributed by atoms with Crippen LogP contribution in [0.3, 0.4) is 0 Å². The minimum Gasteiger partial charge on any atom is -0.496 e. The number of rotatable bonds is 20. The number of carbonyl (C=O) groups excluding carboxylic acids is 3. The van der Waals surface area contributed by atoms with Gasteiger partial charge in [0.1, 0.15) is 23.9 Å². The Balaban J connectivity index is 1.63. The van der Waals surface area contributed by atoms with Crippen molar-refractivity contribution in [3.63, 3.8) is 0 Å². The summed E-state index contributed by atoms with van der Waals surface area (Å²) in [5.41, 5.74) is 4.37. The van der Waals surface area contributed by atoms with Crippen molar-refractivity contribution in [2.24, 2.45) is 0 Å². The number of esters is 2. The maximum atomic E-state index is 13.8. The summed E-state index contributed by atoms with van der Waals surface area (Å²) in [4.78, 5) is 38.1. The number of methoxy groups -OCH3 is 3. The predicted molar refractivity (Wildman–Crippen MR) is 196 cm³/mol. The molecule has 0 aromatic heterocycles. The molecule has 0 aliphatic carbocycles. The van der Waals surface area contributed by atoms with Gasteiger partial charge in [-0.2, -0.15) is 0 Å². The minimum atomic E-state index is -0.436. The van der Waals surface area contributed by atoms with E-state index in [0.717, 1.165) is 53.6 Å². The van der Waals surface area contributed by atoms with E-state index in [0.29, 0.717) is 30.1 Å². The Morgan fingerprint density at radius 3 is 2.02 bits per heavy atom. The van der Waals surface area contributed by atoms with Crippen LogP contribution < -0.4 is 19.5 Å². The van der Waals surface area contributed by atoms with Crippen molar-refractivity contribution in [1.29, 1.82) is 0 Å². The summed E-state index contributed by atoms with van der Waals surface area (Å²) in [7, 11) is 4.84. The molecule has 0 aliphatic heterocycles. The average molecular weight is 690 g/mol. The van der Waals surface area contributed by atoms with Gasteiger partial charge in [0.25, 0.3) is 0 Å². The number of unbranched alkanes of at least 4 members (excludes halogenated alkanes) is 2. The monoisotopic (exact) mass is 689 g/mol. The van der Waals surface area contributed by atoms with Crippen LogP contribution in [-0.2, 0) is 42.3 Å². The van der Waals surface area contributed by atoms with E-state index < -0.39 is 11.9 Å². The van der Waals surface area contributed by atoms with Gasteiger partial charge in [0, 0.05) is 29.8 Å². The molecule has 0 bridgehead atoms. The Labute approximate surface area is 298 Å². The molecule has 3 aromatic carbocycles. The lowest BCUT2D eigenvalue weighted by atomic mass is 9.84. The fourth-order valence-corrected chi connectivity index (χ4v) is 5.90. The Kier molecular flexibility index (Phi) is 16.1. The summed E-state index contributed by atoms with van der Waals surface area (Å²) in [5, 5.41) is 3.23. The number of amides is 1. The van der Waals surface area contributed by atoms with Crippen LogP contribution in [0.25, 0.3) is 0 Å². The molecule has 272 valence electrons. The Hall–Kier alpha value is -4.53. The van der Waals surface area contributed by atoms with E-state index in [9.17, 15) is 14.4 Å². The molecule has 3 rings (SSSR count). The Morgan fingerprint density at radius 2 is 1.42 bits per heavy atom.